The second kappa shape index (κ2) is 3.69. The van der Waals surface area contributed by atoms with Crippen LogP contribution in [0.3, 0.4) is 0 Å². The van der Waals surface area contributed by atoms with Crippen LogP contribution < -0.4 is 4.74 Å². The fourth-order valence-electron chi connectivity index (χ4n) is 1.56. The largest absolute Gasteiger partial charge is 0.497 e. The van der Waals surface area contributed by atoms with Gasteiger partial charge in [-0.05, 0) is 31.2 Å². The molecule has 0 amide bonds. The van der Waals surface area contributed by atoms with E-state index in [2.05, 4.69) is 4.98 Å². The zero-order valence-electron chi connectivity index (χ0n) is 8.65. The summed E-state index contributed by atoms with van der Waals surface area (Å²) in [7, 11) is 1.60. The number of benzene rings is 1. The van der Waals surface area contributed by atoms with E-state index in [0.29, 0.717) is 5.56 Å². The molecule has 0 aliphatic rings. The molecule has 76 valence electrons. The molecule has 0 aliphatic carbocycles. The number of hydrogen-bond acceptors (Lipinski definition) is 3. The summed E-state index contributed by atoms with van der Waals surface area (Å²) in [6, 6.07) is 7.24. The minimum atomic E-state index is 0.0376. The van der Waals surface area contributed by atoms with Gasteiger partial charge in [-0.25, -0.2) is 0 Å². The molecule has 1 aromatic carbocycles. The molecule has 15 heavy (non-hydrogen) atoms. The smallest absolute Gasteiger partial charge is 0.160 e. The monoisotopic (exact) mass is 201 g/mol. The predicted molar refractivity (Wildman–Crippen MR) is 58.3 cm³/mol. The van der Waals surface area contributed by atoms with Crippen molar-refractivity contribution in [3.8, 4) is 5.75 Å². The summed E-state index contributed by atoms with van der Waals surface area (Å²) >= 11 is 0. The van der Waals surface area contributed by atoms with E-state index in [1.54, 1.807) is 26.3 Å². The van der Waals surface area contributed by atoms with Crippen LogP contribution in [0.1, 0.15) is 17.3 Å². The molecule has 0 unspecified atom stereocenters. The Hall–Kier alpha value is -1.90. The number of carbonyl (C=O) groups excluding carboxylic acids is 1. The summed E-state index contributed by atoms with van der Waals surface area (Å²) < 4.78 is 5.12. The number of carbonyl (C=O) groups is 1. The molecule has 0 bridgehead atoms. The van der Waals surface area contributed by atoms with Gasteiger partial charge in [0.25, 0.3) is 0 Å². The molecule has 0 radical (unpaired) electrons. The van der Waals surface area contributed by atoms with Crippen LogP contribution in [-0.4, -0.2) is 17.9 Å². The van der Waals surface area contributed by atoms with Crippen LogP contribution in [-0.2, 0) is 0 Å². The third kappa shape index (κ3) is 1.68. The Bertz CT molecular complexity index is 520. The van der Waals surface area contributed by atoms with Gasteiger partial charge in [0.2, 0.25) is 0 Å². The van der Waals surface area contributed by atoms with Crippen LogP contribution in [0.5, 0.6) is 5.75 Å². The average molecular weight is 201 g/mol. The SMILES string of the molecule is COc1ccc2nccc(C(C)=O)c2c1. The van der Waals surface area contributed by atoms with Gasteiger partial charge in [0.15, 0.2) is 5.78 Å². The van der Waals surface area contributed by atoms with Crippen molar-refractivity contribution in [2.24, 2.45) is 0 Å². The van der Waals surface area contributed by atoms with Gasteiger partial charge >= 0.3 is 0 Å². The van der Waals surface area contributed by atoms with E-state index >= 15 is 0 Å². The molecule has 0 N–H and O–H groups in total. The molecule has 1 heterocycles. The van der Waals surface area contributed by atoms with E-state index < -0.39 is 0 Å². The maximum Gasteiger partial charge on any atom is 0.160 e. The van der Waals surface area contributed by atoms with Gasteiger partial charge in [-0.1, -0.05) is 0 Å². The highest BCUT2D eigenvalue weighted by molar-refractivity contribution is 6.06. The second-order valence-electron chi connectivity index (χ2n) is 3.30. The summed E-state index contributed by atoms with van der Waals surface area (Å²) in [4.78, 5) is 15.6. The number of hydrogen-bond donors (Lipinski definition) is 0. The zero-order chi connectivity index (χ0) is 10.8. The molecular weight excluding hydrogens is 190 g/mol. The topological polar surface area (TPSA) is 39.2 Å². The van der Waals surface area contributed by atoms with Crippen LogP contribution in [0.4, 0.5) is 0 Å². The van der Waals surface area contributed by atoms with Crippen molar-refractivity contribution in [2.45, 2.75) is 6.92 Å². The molecule has 0 aliphatic heterocycles. The lowest BCUT2D eigenvalue weighted by Gasteiger charge is -2.04. The van der Waals surface area contributed by atoms with Crippen LogP contribution >= 0.6 is 0 Å². The maximum absolute atomic E-state index is 11.4. The number of aromatic nitrogens is 1. The van der Waals surface area contributed by atoms with Gasteiger partial charge in [0.1, 0.15) is 5.75 Å². The third-order valence-corrected chi connectivity index (χ3v) is 2.33. The molecule has 0 spiro atoms. The number of fused-ring (bicyclic) bond motifs is 1. The minimum absolute atomic E-state index is 0.0376. The number of nitrogens with zero attached hydrogens (tertiary/aromatic N) is 1. The number of methoxy groups -OCH3 is 1. The molecule has 0 saturated carbocycles. The Labute approximate surface area is 87.7 Å². The average Bonchev–Trinajstić information content (AvgIpc) is 2.27. The van der Waals surface area contributed by atoms with E-state index in [1.165, 1.54) is 0 Å². The van der Waals surface area contributed by atoms with E-state index in [4.69, 9.17) is 4.74 Å². The van der Waals surface area contributed by atoms with Gasteiger partial charge in [0.05, 0.1) is 12.6 Å². The van der Waals surface area contributed by atoms with Gasteiger partial charge in [-0.3, -0.25) is 9.78 Å². The number of pyridine rings is 1. The summed E-state index contributed by atoms with van der Waals surface area (Å²) in [5.74, 6) is 0.772. The quantitative estimate of drug-likeness (QED) is 0.700. The highest BCUT2D eigenvalue weighted by Crippen LogP contribution is 2.22. The number of ether oxygens (including phenoxy) is 1. The van der Waals surface area contributed by atoms with E-state index in [9.17, 15) is 4.79 Å². The standard InChI is InChI=1S/C12H11NO2/c1-8(14)10-5-6-13-12-4-3-9(15-2)7-11(10)12/h3-7H,1-2H3. The predicted octanol–water partition coefficient (Wildman–Crippen LogP) is 2.45. The van der Waals surface area contributed by atoms with Crippen molar-refractivity contribution < 1.29 is 9.53 Å². The van der Waals surface area contributed by atoms with Gasteiger partial charge in [0, 0.05) is 17.1 Å². The van der Waals surface area contributed by atoms with Gasteiger partial charge < -0.3 is 4.74 Å². The lowest BCUT2D eigenvalue weighted by atomic mass is 10.1. The molecular formula is C12H11NO2. The maximum atomic E-state index is 11.4. The molecule has 2 aromatic rings. The fourth-order valence-corrected chi connectivity index (χ4v) is 1.56. The van der Waals surface area contributed by atoms with E-state index in [0.717, 1.165) is 16.7 Å². The molecule has 0 atom stereocenters. The highest BCUT2D eigenvalue weighted by atomic mass is 16.5. The molecule has 3 heteroatoms. The Morgan fingerprint density at radius 1 is 1.33 bits per heavy atom. The third-order valence-electron chi connectivity index (χ3n) is 2.33. The van der Waals surface area contributed by atoms with Crippen molar-refractivity contribution in [2.75, 3.05) is 7.11 Å². The molecule has 3 nitrogen and oxygen atoms in total. The van der Waals surface area contributed by atoms with Crippen LogP contribution in [0.25, 0.3) is 10.9 Å². The first kappa shape index (κ1) is 9.65. The summed E-state index contributed by atoms with van der Waals surface area (Å²) in [6.45, 7) is 1.55. The van der Waals surface area contributed by atoms with Gasteiger partial charge in [-0.2, -0.15) is 0 Å². The number of rotatable bonds is 2. The summed E-state index contributed by atoms with van der Waals surface area (Å²) in [6.07, 6.45) is 1.64. The first-order valence-electron chi connectivity index (χ1n) is 4.66. The fraction of sp³-hybridized carbons (Fsp3) is 0.167. The van der Waals surface area contributed by atoms with Crippen LogP contribution in [0, 0.1) is 0 Å². The number of ketones is 1. The Kier molecular flexibility index (Phi) is 2.37. The van der Waals surface area contributed by atoms with Crippen LogP contribution in [0.2, 0.25) is 0 Å². The van der Waals surface area contributed by atoms with Crippen molar-refractivity contribution in [3.05, 3.63) is 36.0 Å². The van der Waals surface area contributed by atoms with Gasteiger partial charge in [-0.15, -0.1) is 0 Å². The van der Waals surface area contributed by atoms with Crippen molar-refractivity contribution in [3.63, 3.8) is 0 Å². The molecule has 0 saturated heterocycles. The molecule has 0 fully saturated rings. The first-order chi connectivity index (χ1) is 7.22. The second-order valence-corrected chi connectivity index (χ2v) is 3.30. The van der Waals surface area contributed by atoms with Crippen molar-refractivity contribution >= 4 is 16.7 Å². The Balaban J connectivity index is 2.76. The Morgan fingerprint density at radius 2 is 2.13 bits per heavy atom. The van der Waals surface area contributed by atoms with Crippen LogP contribution in [0.15, 0.2) is 30.5 Å². The Morgan fingerprint density at radius 3 is 2.80 bits per heavy atom. The first-order valence-corrected chi connectivity index (χ1v) is 4.66. The van der Waals surface area contributed by atoms with Crippen molar-refractivity contribution in [1.82, 2.24) is 4.98 Å². The normalized spacial score (nSPS) is 10.3. The molecule has 2 rings (SSSR count). The minimum Gasteiger partial charge on any atom is -0.497 e. The highest BCUT2D eigenvalue weighted by Gasteiger charge is 2.06. The zero-order valence-corrected chi connectivity index (χ0v) is 8.65. The molecule has 1 aromatic heterocycles. The van der Waals surface area contributed by atoms with E-state index in [-0.39, 0.29) is 5.78 Å². The summed E-state index contributed by atoms with van der Waals surface area (Å²) in [5.41, 5.74) is 1.49. The lowest BCUT2D eigenvalue weighted by molar-refractivity contribution is 0.101. The van der Waals surface area contributed by atoms with E-state index in [1.807, 2.05) is 18.2 Å². The lowest BCUT2D eigenvalue weighted by Crippen LogP contribution is -1.95. The summed E-state index contributed by atoms with van der Waals surface area (Å²) in [5, 5.41) is 0.837. The number of Topliss-reactive ketones (excluding diaryl/α,β-unsaturated/α-hetero) is 1. The van der Waals surface area contributed by atoms with Crippen molar-refractivity contribution in [1.29, 1.82) is 0 Å².